The van der Waals surface area contributed by atoms with E-state index in [1.807, 2.05) is 19.2 Å². The molecule has 0 aliphatic heterocycles. The van der Waals surface area contributed by atoms with Crippen LogP contribution in [0.3, 0.4) is 0 Å². The van der Waals surface area contributed by atoms with Gasteiger partial charge in [-0.25, -0.2) is 0 Å². The highest BCUT2D eigenvalue weighted by Gasteiger charge is 2.13. The van der Waals surface area contributed by atoms with Crippen LogP contribution < -0.4 is 4.90 Å². The van der Waals surface area contributed by atoms with E-state index in [0.29, 0.717) is 16.6 Å². The van der Waals surface area contributed by atoms with Crippen molar-refractivity contribution in [2.45, 2.75) is 13.0 Å². The lowest BCUT2D eigenvalue weighted by Crippen LogP contribution is -2.31. The van der Waals surface area contributed by atoms with E-state index < -0.39 is 0 Å². The van der Waals surface area contributed by atoms with Crippen LogP contribution in [-0.2, 0) is 0 Å². The van der Waals surface area contributed by atoms with Gasteiger partial charge in [0.05, 0.1) is 0 Å². The molecule has 0 saturated carbocycles. The van der Waals surface area contributed by atoms with Gasteiger partial charge in [0.1, 0.15) is 0 Å². The van der Waals surface area contributed by atoms with Crippen molar-refractivity contribution in [1.29, 1.82) is 0 Å². The van der Waals surface area contributed by atoms with E-state index >= 15 is 0 Å². The van der Waals surface area contributed by atoms with Crippen molar-refractivity contribution < 1.29 is 4.79 Å². The topological polar surface area (TPSA) is 20.3 Å². The summed E-state index contributed by atoms with van der Waals surface area (Å²) >= 11 is 7.65. The minimum Gasteiger partial charge on any atom is -0.370 e. The minimum atomic E-state index is 0.384. The highest BCUT2D eigenvalue weighted by molar-refractivity contribution is 7.98. The zero-order chi connectivity index (χ0) is 12.1. The van der Waals surface area contributed by atoms with Crippen LogP contribution in [0.1, 0.15) is 17.3 Å². The molecule has 4 heteroatoms. The fraction of sp³-hybridized carbons (Fsp3) is 0.417. The molecule has 0 amide bonds. The number of anilines is 1. The monoisotopic (exact) mass is 257 g/mol. The second kappa shape index (κ2) is 6.16. The number of aldehydes is 1. The van der Waals surface area contributed by atoms with Crippen LogP contribution in [-0.4, -0.2) is 31.4 Å². The summed E-state index contributed by atoms with van der Waals surface area (Å²) in [5.74, 6) is 1.03. The Morgan fingerprint density at radius 1 is 1.56 bits per heavy atom. The third-order valence-corrected chi connectivity index (χ3v) is 3.62. The van der Waals surface area contributed by atoms with Gasteiger partial charge in [0.2, 0.25) is 0 Å². The molecule has 0 aliphatic carbocycles. The summed E-state index contributed by atoms with van der Waals surface area (Å²) in [5.41, 5.74) is 1.57. The molecule has 88 valence electrons. The Bertz CT molecular complexity index is 370. The maximum atomic E-state index is 11.0. The smallest absolute Gasteiger partial charge is 0.152 e. The van der Waals surface area contributed by atoms with E-state index in [0.717, 1.165) is 17.7 Å². The van der Waals surface area contributed by atoms with Crippen molar-refractivity contribution in [1.82, 2.24) is 0 Å². The molecule has 0 fully saturated rings. The summed E-state index contributed by atoms with van der Waals surface area (Å²) in [6, 6.07) is 5.79. The maximum absolute atomic E-state index is 11.0. The van der Waals surface area contributed by atoms with Crippen LogP contribution in [0, 0.1) is 0 Å². The maximum Gasteiger partial charge on any atom is 0.152 e. The Labute approximate surface area is 106 Å². The standard InChI is InChI=1S/C12H16ClNOS/c1-9(8-16-3)14(2)12-5-4-11(13)6-10(12)7-15/h4-7,9H,8H2,1-3H3. The summed E-state index contributed by atoms with van der Waals surface area (Å²) in [6.07, 6.45) is 2.93. The van der Waals surface area contributed by atoms with Crippen LogP contribution in [0.4, 0.5) is 5.69 Å². The summed E-state index contributed by atoms with van der Waals surface area (Å²) < 4.78 is 0. The second-order valence-electron chi connectivity index (χ2n) is 3.74. The highest BCUT2D eigenvalue weighted by Crippen LogP contribution is 2.24. The van der Waals surface area contributed by atoms with Crippen molar-refractivity contribution in [3.63, 3.8) is 0 Å². The Morgan fingerprint density at radius 2 is 2.25 bits per heavy atom. The second-order valence-corrected chi connectivity index (χ2v) is 5.08. The molecule has 0 spiro atoms. The molecule has 0 aromatic heterocycles. The van der Waals surface area contributed by atoms with Gasteiger partial charge in [-0.05, 0) is 31.4 Å². The molecular formula is C12H16ClNOS. The predicted molar refractivity (Wildman–Crippen MR) is 73.1 cm³/mol. The van der Waals surface area contributed by atoms with Gasteiger partial charge in [0.15, 0.2) is 6.29 Å². The molecule has 0 radical (unpaired) electrons. The normalized spacial score (nSPS) is 12.2. The van der Waals surface area contributed by atoms with E-state index in [9.17, 15) is 4.79 Å². The van der Waals surface area contributed by atoms with E-state index in [2.05, 4.69) is 18.1 Å². The molecule has 0 N–H and O–H groups in total. The van der Waals surface area contributed by atoms with E-state index in [1.165, 1.54) is 0 Å². The molecule has 0 heterocycles. The van der Waals surface area contributed by atoms with Crippen molar-refractivity contribution >= 4 is 35.3 Å². The fourth-order valence-electron chi connectivity index (χ4n) is 1.53. The lowest BCUT2D eigenvalue weighted by atomic mass is 10.1. The molecule has 1 atom stereocenters. The molecule has 1 unspecified atom stereocenters. The van der Waals surface area contributed by atoms with Crippen molar-refractivity contribution in [3.05, 3.63) is 28.8 Å². The Hall–Kier alpha value is -0.670. The minimum absolute atomic E-state index is 0.384. The number of nitrogens with zero attached hydrogens (tertiary/aromatic N) is 1. The summed E-state index contributed by atoms with van der Waals surface area (Å²) in [7, 11) is 2.00. The molecule has 1 rings (SSSR count). The van der Waals surface area contributed by atoms with E-state index in [4.69, 9.17) is 11.6 Å². The van der Waals surface area contributed by atoms with Crippen LogP contribution in [0.25, 0.3) is 0 Å². The van der Waals surface area contributed by atoms with E-state index in [1.54, 1.807) is 17.8 Å². The summed E-state index contributed by atoms with van der Waals surface area (Å²) in [4.78, 5) is 13.1. The lowest BCUT2D eigenvalue weighted by Gasteiger charge is -2.27. The molecule has 1 aromatic carbocycles. The quantitative estimate of drug-likeness (QED) is 0.755. The zero-order valence-electron chi connectivity index (χ0n) is 9.74. The molecule has 1 aromatic rings. The number of hydrogen-bond acceptors (Lipinski definition) is 3. The van der Waals surface area contributed by atoms with Crippen LogP contribution >= 0.6 is 23.4 Å². The van der Waals surface area contributed by atoms with Gasteiger partial charge in [-0.2, -0.15) is 11.8 Å². The van der Waals surface area contributed by atoms with Gasteiger partial charge in [-0.3, -0.25) is 4.79 Å². The summed E-state index contributed by atoms with van der Waals surface area (Å²) in [6.45, 7) is 2.14. The van der Waals surface area contributed by atoms with Gasteiger partial charge >= 0.3 is 0 Å². The first-order chi connectivity index (χ1) is 7.60. The number of thioether (sulfide) groups is 1. The van der Waals surface area contributed by atoms with Crippen LogP contribution in [0.5, 0.6) is 0 Å². The number of halogens is 1. The molecule has 16 heavy (non-hydrogen) atoms. The van der Waals surface area contributed by atoms with Crippen LogP contribution in [0.2, 0.25) is 5.02 Å². The molecular weight excluding hydrogens is 242 g/mol. The van der Waals surface area contributed by atoms with Crippen molar-refractivity contribution in [2.24, 2.45) is 0 Å². The first-order valence-electron chi connectivity index (χ1n) is 5.06. The largest absolute Gasteiger partial charge is 0.370 e. The average Bonchev–Trinajstić information content (AvgIpc) is 2.28. The van der Waals surface area contributed by atoms with Gasteiger partial charge in [0.25, 0.3) is 0 Å². The average molecular weight is 258 g/mol. The number of carbonyl (C=O) groups is 1. The Balaban J connectivity index is 2.98. The number of hydrogen-bond donors (Lipinski definition) is 0. The SMILES string of the molecule is CSCC(C)N(C)c1ccc(Cl)cc1C=O. The van der Waals surface area contributed by atoms with Gasteiger partial charge < -0.3 is 4.90 Å². The molecule has 0 bridgehead atoms. The predicted octanol–water partition coefficient (Wildman–Crippen LogP) is 3.34. The number of rotatable bonds is 5. The van der Waals surface area contributed by atoms with Gasteiger partial charge in [-0.15, -0.1) is 0 Å². The first-order valence-corrected chi connectivity index (χ1v) is 6.83. The van der Waals surface area contributed by atoms with E-state index in [-0.39, 0.29) is 0 Å². The van der Waals surface area contributed by atoms with Gasteiger partial charge in [-0.1, -0.05) is 11.6 Å². The number of benzene rings is 1. The first kappa shape index (κ1) is 13.4. The van der Waals surface area contributed by atoms with Gasteiger partial charge in [0, 0.05) is 35.1 Å². The molecule has 2 nitrogen and oxygen atoms in total. The Morgan fingerprint density at radius 3 is 2.81 bits per heavy atom. The fourth-order valence-corrected chi connectivity index (χ4v) is 2.42. The van der Waals surface area contributed by atoms with Crippen molar-refractivity contribution in [3.8, 4) is 0 Å². The third-order valence-electron chi connectivity index (χ3n) is 2.57. The summed E-state index contributed by atoms with van der Waals surface area (Å²) in [5, 5.41) is 0.594. The lowest BCUT2D eigenvalue weighted by molar-refractivity contribution is 0.112. The molecule has 0 aliphatic rings. The van der Waals surface area contributed by atoms with Crippen LogP contribution in [0.15, 0.2) is 18.2 Å². The molecule has 0 saturated heterocycles. The highest BCUT2D eigenvalue weighted by atomic mass is 35.5. The van der Waals surface area contributed by atoms with Crippen molar-refractivity contribution in [2.75, 3.05) is 24.0 Å². The third kappa shape index (κ3) is 3.16. The number of carbonyl (C=O) groups excluding carboxylic acids is 1. The Kier molecular flexibility index (Phi) is 5.16. The zero-order valence-corrected chi connectivity index (χ0v) is 11.3.